The summed E-state index contributed by atoms with van der Waals surface area (Å²) in [5.74, 6) is -0.0457. The third-order valence-electron chi connectivity index (χ3n) is 4.16. The van der Waals surface area contributed by atoms with Crippen molar-refractivity contribution in [2.45, 2.75) is 25.3 Å². The van der Waals surface area contributed by atoms with Crippen LogP contribution in [0.2, 0.25) is 0 Å². The minimum Gasteiger partial charge on any atom is -0.463 e. The van der Waals surface area contributed by atoms with E-state index < -0.39 is 0 Å². The van der Waals surface area contributed by atoms with Crippen LogP contribution in [-0.4, -0.2) is 37.0 Å². The van der Waals surface area contributed by atoms with Gasteiger partial charge in [0.25, 0.3) is 5.91 Å². The number of hydrogen-bond acceptors (Lipinski definition) is 3. The minimum atomic E-state index is -0.0457. The van der Waals surface area contributed by atoms with Crippen LogP contribution in [0.1, 0.15) is 29.6 Å². The number of amides is 1. The highest BCUT2D eigenvalue weighted by molar-refractivity contribution is 6.05. The number of carbonyl (C=O) groups excluding carboxylic acids is 1. The Morgan fingerprint density at radius 1 is 1.45 bits per heavy atom. The van der Waals surface area contributed by atoms with Gasteiger partial charge in [-0.05, 0) is 38.9 Å². The van der Waals surface area contributed by atoms with Crippen LogP contribution in [-0.2, 0) is 0 Å². The molecule has 0 saturated carbocycles. The lowest BCUT2D eigenvalue weighted by molar-refractivity contribution is 0.0951. The van der Waals surface area contributed by atoms with Gasteiger partial charge in [0.05, 0.1) is 5.56 Å². The predicted molar refractivity (Wildman–Crippen MR) is 78.8 cm³/mol. The summed E-state index contributed by atoms with van der Waals surface area (Å²) in [6, 6.07) is 8.22. The Morgan fingerprint density at radius 3 is 3.10 bits per heavy atom. The molecule has 4 nitrogen and oxygen atoms in total. The summed E-state index contributed by atoms with van der Waals surface area (Å²) in [5, 5.41) is 3.88. The molecule has 0 radical (unpaired) electrons. The number of rotatable bonds is 4. The number of nitrogens with one attached hydrogen (secondary N) is 1. The fraction of sp³-hybridized carbons (Fsp3) is 0.438. The molecule has 4 heteroatoms. The molecule has 1 amide bonds. The molecule has 1 saturated heterocycles. The number of furan rings is 1. The van der Waals surface area contributed by atoms with Crippen LogP contribution in [0, 0.1) is 0 Å². The molecule has 1 aliphatic rings. The molecule has 2 aromatic rings. The lowest BCUT2D eigenvalue weighted by Crippen LogP contribution is -2.31. The quantitative estimate of drug-likeness (QED) is 0.930. The summed E-state index contributed by atoms with van der Waals surface area (Å²) in [5.41, 5.74) is 1.38. The number of carbonyl (C=O) groups is 1. The number of para-hydroxylation sites is 1. The first-order valence-electron chi connectivity index (χ1n) is 7.20. The molecular formula is C16H20N2O2. The van der Waals surface area contributed by atoms with Gasteiger partial charge in [-0.1, -0.05) is 18.2 Å². The van der Waals surface area contributed by atoms with Crippen molar-refractivity contribution >= 4 is 16.9 Å². The summed E-state index contributed by atoms with van der Waals surface area (Å²) in [6.07, 6.45) is 5.06. The standard InChI is InChI=1S/C16H20N2O2/c1-18-10-4-5-12(18)8-9-17-16(19)14-11-20-15-7-3-2-6-13(14)15/h2-3,6-7,11-12H,4-5,8-10H2,1H3,(H,17,19)/t12-/m0/s1. The van der Waals surface area contributed by atoms with Crippen molar-refractivity contribution < 1.29 is 9.21 Å². The molecule has 1 aromatic heterocycles. The molecule has 1 aliphatic heterocycles. The van der Waals surface area contributed by atoms with Gasteiger partial charge < -0.3 is 14.6 Å². The van der Waals surface area contributed by atoms with Crippen LogP contribution >= 0.6 is 0 Å². The molecule has 0 spiro atoms. The highest BCUT2D eigenvalue weighted by atomic mass is 16.3. The number of likely N-dealkylation sites (tertiary alicyclic amines) is 1. The van der Waals surface area contributed by atoms with Gasteiger partial charge in [0.1, 0.15) is 11.8 Å². The van der Waals surface area contributed by atoms with Gasteiger partial charge in [-0.15, -0.1) is 0 Å². The Hall–Kier alpha value is -1.81. The van der Waals surface area contributed by atoms with E-state index >= 15 is 0 Å². The monoisotopic (exact) mass is 272 g/mol. The highest BCUT2D eigenvalue weighted by Gasteiger charge is 2.20. The highest BCUT2D eigenvalue weighted by Crippen LogP contribution is 2.21. The van der Waals surface area contributed by atoms with E-state index in [1.165, 1.54) is 19.4 Å². The van der Waals surface area contributed by atoms with Crippen molar-refractivity contribution in [1.29, 1.82) is 0 Å². The Bertz CT molecular complexity index is 605. The van der Waals surface area contributed by atoms with E-state index in [9.17, 15) is 4.79 Å². The molecule has 106 valence electrons. The molecule has 1 atom stereocenters. The Balaban J connectivity index is 1.59. The van der Waals surface area contributed by atoms with Crippen LogP contribution in [0.25, 0.3) is 11.0 Å². The Kier molecular flexibility index (Phi) is 3.74. The average Bonchev–Trinajstić information content (AvgIpc) is 3.05. The lowest BCUT2D eigenvalue weighted by Gasteiger charge is -2.19. The van der Waals surface area contributed by atoms with Gasteiger partial charge in [-0.25, -0.2) is 0 Å². The van der Waals surface area contributed by atoms with E-state index in [1.807, 2.05) is 24.3 Å². The number of benzene rings is 1. The molecule has 1 aromatic carbocycles. The maximum Gasteiger partial charge on any atom is 0.255 e. The summed E-state index contributed by atoms with van der Waals surface area (Å²) in [4.78, 5) is 14.6. The zero-order valence-electron chi connectivity index (χ0n) is 11.8. The van der Waals surface area contributed by atoms with E-state index in [2.05, 4.69) is 17.3 Å². The van der Waals surface area contributed by atoms with Crippen molar-refractivity contribution in [2.75, 3.05) is 20.1 Å². The van der Waals surface area contributed by atoms with Gasteiger partial charge >= 0.3 is 0 Å². The largest absolute Gasteiger partial charge is 0.463 e. The lowest BCUT2D eigenvalue weighted by atomic mass is 10.1. The van der Waals surface area contributed by atoms with E-state index in [0.717, 1.165) is 17.4 Å². The smallest absolute Gasteiger partial charge is 0.255 e. The van der Waals surface area contributed by atoms with E-state index in [-0.39, 0.29) is 5.91 Å². The topological polar surface area (TPSA) is 45.5 Å². The minimum absolute atomic E-state index is 0.0457. The van der Waals surface area contributed by atoms with E-state index in [4.69, 9.17) is 4.42 Å². The maximum absolute atomic E-state index is 12.2. The molecule has 0 unspecified atom stereocenters. The average molecular weight is 272 g/mol. The second-order valence-electron chi connectivity index (χ2n) is 5.47. The van der Waals surface area contributed by atoms with Crippen molar-refractivity contribution in [3.63, 3.8) is 0 Å². The van der Waals surface area contributed by atoms with Crippen LogP contribution in [0.15, 0.2) is 34.9 Å². The number of nitrogens with zero attached hydrogens (tertiary/aromatic N) is 1. The number of fused-ring (bicyclic) bond motifs is 1. The first-order chi connectivity index (χ1) is 9.75. The summed E-state index contributed by atoms with van der Waals surface area (Å²) >= 11 is 0. The molecule has 20 heavy (non-hydrogen) atoms. The summed E-state index contributed by atoms with van der Waals surface area (Å²) in [7, 11) is 2.16. The SMILES string of the molecule is CN1CCC[C@H]1CCNC(=O)c1coc2ccccc12. The van der Waals surface area contributed by atoms with Crippen LogP contribution in [0.5, 0.6) is 0 Å². The van der Waals surface area contributed by atoms with E-state index in [0.29, 0.717) is 18.2 Å². The second-order valence-corrected chi connectivity index (χ2v) is 5.47. The van der Waals surface area contributed by atoms with Gasteiger partial charge in [-0.3, -0.25) is 4.79 Å². The van der Waals surface area contributed by atoms with Crippen molar-refractivity contribution in [1.82, 2.24) is 10.2 Å². The fourth-order valence-corrected chi connectivity index (χ4v) is 2.95. The third-order valence-corrected chi connectivity index (χ3v) is 4.16. The molecule has 1 fully saturated rings. The zero-order chi connectivity index (χ0) is 13.9. The predicted octanol–water partition coefficient (Wildman–Crippen LogP) is 2.65. The summed E-state index contributed by atoms with van der Waals surface area (Å²) < 4.78 is 5.40. The van der Waals surface area contributed by atoms with Gasteiger partial charge in [0.2, 0.25) is 0 Å². The van der Waals surface area contributed by atoms with Gasteiger partial charge in [-0.2, -0.15) is 0 Å². The van der Waals surface area contributed by atoms with E-state index in [1.54, 1.807) is 6.26 Å². The third kappa shape index (κ3) is 2.56. The molecular weight excluding hydrogens is 252 g/mol. The molecule has 0 aliphatic carbocycles. The van der Waals surface area contributed by atoms with Crippen molar-refractivity contribution in [3.8, 4) is 0 Å². The normalized spacial score (nSPS) is 19.6. The Morgan fingerprint density at radius 2 is 2.30 bits per heavy atom. The molecule has 2 heterocycles. The summed E-state index contributed by atoms with van der Waals surface area (Å²) in [6.45, 7) is 1.89. The van der Waals surface area contributed by atoms with Gasteiger partial charge in [0, 0.05) is 18.0 Å². The van der Waals surface area contributed by atoms with Crippen molar-refractivity contribution in [2.24, 2.45) is 0 Å². The van der Waals surface area contributed by atoms with Gasteiger partial charge in [0.15, 0.2) is 0 Å². The molecule has 1 N–H and O–H groups in total. The molecule has 3 rings (SSSR count). The maximum atomic E-state index is 12.2. The Labute approximate surface area is 118 Å². The zero-order valence-corrected chi connectivity index (χ0v) is 11.8. The first kappa shape index (κ1) is 13.2. The first-order valence-corrected chi connectivity index (χ1v) is 7.20. The van der Waals surface area contributed by atoms with Crippen LogP contribution in [0.4, 0.5) is 0 Å². The van der Waals surface area contributed by atoms with Crippen molar-refractivity contribution in [3.05, 3.63) is 36.1 Å². The number of hydrogen-bond donors (Lipinski definition) is 1. The molecule has 0 bridgehead atoms. The van der Waals surface area contributed by atoms with Crippen LogP contribution < -0.4 is 5.32 Å². The second kappa shape index (κ2) is 5.67. The van der Waals surface area contributed by atoms with Crippen LogP contribution in [0.3, 0.4) is 0 Å². The fourth-order valence-electron chi connectivity index (χ4n) is 2.95.